The number of rotatable bonds is 8. The van der Waals surface area contributed by atoms with Crippen LogP contribution in [0.5, 0.6) is 0 Å². The van der Waals surface area contributed by atoms with Crippen LogP contribution in [0.1, 0.15) is 101 Å². The first-order valence-electron chi connectivity index (χ1n) is 39.8. The van der Waals surface area contributed by atoms with Gasteiger partial charge in [-0.05, 0) is 156 Å². The number of halogens is 2. The molecule has 20 aromatic carbocycles. The molecule has 0 unspecified atom stereocenters. The summed E-state index contributed by atoms with van der Waals surface area (Å²) in [6.45, 7) is 27.4. The van der Waals surface area contributed by atoms with Crippen LogP contribution < -0.4 is 24.8 Å². The van der Waals surface area contributed by atoms with Gasteiger partial charge in [-0.25, -0.2) is 0 Å². The van der Waals surface area contributed by atoms with Crippen LogP contribution in [0, 0.1) is 0 Å². The molecule has 0 bridgehead atoms. The van der Waals surface area contributed by atoms with E-state index in [1.54, 1.807) is 46.7 Å². The Balaban J connectivity index is 0.000000128. The Morgan fingerprint density at radius 3 is 0.500 bits per heavy atom. The minimum atomic E-state index is 0. The molecular weight excluding hydrogens is 1610 g/mol. The molecule has 0 aliphatic rings. The van der Waals surface area contributed by atoms with Crippen molar-refractivity contribution in [2.75, 3.05) is 0 Å². The van der Waals surface area contributed by atoms with Gasteiger partial charge in [-0.3, -0.25) is 0 Å². The van der Waals surface area contributed by atoms with E-state index in [1.165, 1.54) is 196 Å². The van der Waals surface area contributed by atoms with Crippen LogP contribution in [0.2, 0.25) is 26.2 Å². The van der Waals surface area contributed by atoms with Gasteiger partial charge in [0.05, 0.1) is 0 Å². The fraction of sp³-hybridized carbons (Fsp3) is 0.148. The zero-order valence-electron chi connectivity index (χ0n) is 67.4. The predicted octanol–water partition coefficient (Wildman–Crippen LogP) is 26.2. The number of hydrogen-bond donors (Lipinski definition) is 0. The van der Waals surface area contributed by atoms with Crippen LogP contribution in [0.3, 0.4) is 0 Å². The predicted molar refractivity (Wildman–Crippen MR) is 491 cm³/mol. The monoisotopic (exact) mass is 1700 g/mol. The molecule has 0 spiro atoms. The summed E-state index contributed by atoms with van der Waals surface area (Å²) in [4.78, 5) is 0. The smallest absolute Gasteiger partial charge is 1.00 e. The van der Waals surface area contributed by atoms with Gasteiger partial charge in [-0.15, -0.1) is 138 Å². The van der Waals surface area contributed by atoms with Crippen LogP contribution in [0.25, 0.3) is 174 Å². The van der Waals surface area contributed by atoms with Crippen molar-refractivity contribution in [3.63, 3.8) is 0 Å². The maximum atomic E-state index is 2.38. The summed E-state index contributed by atoms with van der Waals surface area (Å²) < 4.78 is 0. The van der Waals surface area contributed by atoms with Crippen molar-refractivity contribution in [1.29, 1.82) is 0 Å². The Morgan fingerprint density at radius 2 is 0.351 bits per heavy atom. The van der Waals surface area contributed by atoms with E-state index in [9.17, 15) is 0 Å². The average Bonchev–Trinajstić information content (AvgIpc) is 1.32. The van der Waals surface area contributed by atoms with Gasteiger partial charge in [-0.1, -0.05) is 296 Å². The van der Waals surface area contributed by atoms with Gasteiger partial charge >= 0.3 is 83.7 Å². The Hall–Kier alpha value is -9.18. The fourth-order valence-electron chi connectivity index (χ4n) is 16.5. The van der Waals surface area contributed by atoms with Crippen LogP contribution >= 0.6 is 0 Å². The van der Waals surface area contributed by atoms with Crippen molar-refractivity contribution in [2.24, 2.45) is 0 Å². The zero-order chi connectivity index (χ0) is 77.8. The maximum Gasteiger partial charge on any atom is -1.00 e. The molecule has 0 atom stereocenters. The molecule has 20 rings (SSSR count). The van der Waals surface area contributed by atoms with Crippen LogP contribution in [-0.4, -0.2) is 10.9 Å². The minimum Gasteiger partial charge on any atom is -1.00 e. The molecule has 0 heterocycles. The standard InChI is InChI=1S/4C26H21.2C2H6Si.2ClH.2Zr/c4*1-17(2)21-15-20-10-7-13-24(25(20)16-21)26-22-11-5-3-8-18(22)14-19-9-4-6-12-23(19)26;2*1-3-2;;;;/h4*3-17H,1-2H3;2*1-2H3;2*1H;;/q4*-1;;;;;2*+2/p-2. The number of fused-ring (bicyclic) bond motifs is 12. The van der Waals surface area contributed by atoms with Crippen molar-refractivity contribution < 1.29 is 71.5 Å². The summed E-state index contributed by atoms with van der Waals surface area (Å²) in [5.74, 6) is 2.16. The molecular formula is C108H96Cl2Si2Zr2-2. The normalized spacial score (nSPS) is 11.3. The third-order valence-electron chi connectivity index (χ3n) is 21.9. The third kappa shape index (κ3) is 17.5. The molecule has 560 valence electrons. The third-order valence-corrected chi connectivity index (χ3v) is 21.9. The minimum absolute atomic E-state index is 0. The molecule has 0 fully saturated rings. The second-order valence-corrected chi connectivity index (χ2v) is 50.5. The SMILES string of the molecule is CC(C)c1cc2c(-c3c4ccccc4cc4ccccc34)cccc2[cH-]1.CC(C)c1cc2c(-c3c4ccccc4cc4ccccc34)cccc2[cH-]1.CC(C)c1cc2c(-c3c4ccccc4cc4ccccc34)cccc2[cH-]1.CC(C)c1cc2c(-c3c4ccccc4cc4ccccc34)cccc2[cH-]1.C[Si](C)=[Zr+2].C[Si](C)=[Zr+2].[Cl-].[Cl-]. The van der Waals surface area contributed by atoms with Gasteiger partial charge in [0, 0.05) is 0 Å². The summed E-state index contributed by atoms with van der Waals surface area (Å²) in [5.41, 5.74) is 16.8. The van der Waals surface area contributed by atoms with Crippen LogP contribution in [0.15, 0.2) is 340 Å². The molecule has 114 heavy (non-hydrogen) atoms. The van der Waals surface area contributed by atoms with E-state index in [0.29, 0.717) is 23.7 Å². The Labute approximate surface area is 716 Å². The van der Waals surface area contributed by atoms with E-state index in [0.717, 1.165) is 0 Å². The van der Waals surface area contributed by atoms with Gasteiger partial charge in [0.15, 0.2) is 0 Å². The first-order valence-corrected chi connectivity index (χ1v) is 52.2. The topological polar surface area (TPSA) is 0 Å². The molecule has 0 saturated carbocycles. The Bertz CT molecular complexity index is 5850. The molecule has 0 aliphatic heterocycles. The summed E-state index contributed by atoms with van der Waals surface area (Å²) in [6, 6.07) is 125. The zero-order valence-corrected chi connectivity index (χ0v) is 75.8. The van der Waals surface area contributed by atoms with Gasteiger partial charge in [0.2, 0.25) is 0 Å². The van der Waals surface area contributed by atoms with Crippen LogP contribution in [-0.2, 0) is 46.7 Å². The van der Waals surface area contributed by atoms with Gasteiger partial charge in [0.25, 0.3) is 0 Å². The molecule has 20 aromatic rings. The van der Waals surface area contributed by atoms with Crippen molar-refractivity contribution in [1.82, 2.24) is 0 Å². The van der Waals surface area contributed by atoms with Crippen LogP contribution in [0.4, 0.5) is 0 Å². The van der Waals surface area contributed by atoms with Gasteiger partial charge in [-0.2, -0.15) is 24.3 Å². The number of benzene rings is 16. The first-order chi connectivity index (χ1) is 54.3. The molecule has 0 aliphatic carbocycles. The summed E-state index contributed by atoms with van der Waals surface area (Å²) in [5, 5.41) is 31.8. The number of hydrogen-bond acceptors (Lipinski definition) is 0. The van der Waals surface area contributed by atoms with Crippen molar-refractivity contribution in [3.05, 3.63) is 362 Å². The molecule has 0 aromatic heterocycles. The van der Waals surface area contributed by atoms with Crippen molar-refractivity contribution in [2.45, 2.75) is 105 Å². The largest absolute Gasteiger partial charge is 1.00 e. The van der Waals surface area contributed by atoms with Crippen molar-refractivity contribution in [3.8, 4) is 44.5 Å². The Morgan fingerprint density at radius 1 is 0.202 bits per heavy atom. The Kier molecular flexibility index (Phi) is 26.7. The second kappa shape index (κ2) is 36.7. The molecule has 0 nitrogen and oxygen atoms in total. The average molecular weight is 1700 g/mol. The van der Waals surface area contributed by atoms with E-state index in [-0.39, 0.29) is 35.7 Å². The first kappa shape index (κ1) is 82.8. The van der Waals surface area contributed by atoms with Crippen molar-refractivity contribution >= 4 is 140 Å². The summed E-state index contributed by atoms with van der Waals surface area (Å²) >= 11 is 3.48. The molecule has 0 N–H and O–H groups in total. The molecule has 6 heteroatoms. The maximum absolute atomic E-state index is 2.38. The summed E-state index contributed by atoms with van der Waals surface area (Å²) in [6.07, 6.45) is 0. The second-order valence-electron chi connectivity index (χ2n) is 31.8. The van der Waals surface area contributed by atoms with Gasteiger partial charge in [0.1, 0.15) is 0 Å². The fourth-order valence-corrected chi connectivity index (χ4v) is 16.5. The molecule has 0 amide bonds. The van der Waals surface area contributed by atoms with Gasteiger partial charge < -0.3 is 24.8 Å². The quantitative estimate of drug-likeness (QED) is 0.0808. The van der Waals surface area contributed by atoms with E-state index in [2.05, 4.69) is 421 Å². The summed E-state index contributed by atoms with van der Waals surface area (Å²) in [7, 11) is 0. The van der Waals surface area contributed by atoms with E-state index < -0.39 is 0 Å². The van der Waals surface area contributed by atoms with E-state index >= 15 is 0 Å². The molecule has 0 radical (unpaired) electrons. The molecule has 0 saturated heterocycles. The van der Waals surface area contributed by atoms with E-state index in [4.69, 9.17) is 0 Å². The van der Waals surface area contributed by atoms with E-state index in [1.807, 2.05) is 0 Å².